The summed E-state index contributed by atoms with van der Waals surface area (Å²) in [6.45, 7) is 0. The third-order valence-corrected chi connectivity index (χ3v) is 1.44. The van der Waals surface area contributed by atoms with E-state index in [1.807, 2.05) is 4.98 Å². The molecule has 1 aromatic rings. The maximum absolute atomic E-state index is 10.9. The largest absolute Gasteiger partial charge is 0.377 e. The molecule has 0 fully saturated rings. The Morgan fingerprint density at radius 3 is 2.75 bits per heavy atom. The Bertz CT molecular complexity index is 368. The number of aliphatic hydroxyl groups excluding tert-OH is 1. The molecule has 12 heavy (non-hydrogen) atoms. The van der Waals surface area contributed by atoms with Crippen molar-refractivity contribution in [1.29, 1.82) is 0 Å². The summed E-state index contributed by atoms with van der Waals surface area (Å²) in [6.07, 6.45) is 1.24. The zero-order valence-corrected chi connectivity index (χ0v) is 6.76. The number of nitrogens with one attached hydrogen (secondary N) is 2. The Labute approximate surface area is 72.0 Å². The Hall–Kier alpha value is -1.07. The molecule has 0 bridgehead atoms. The summed E-state index contributed by atoms with van der Waals surface area (Å²) in [5.74, 6) is 0. The van der Waals surface area contributed by atoms with Crippen LogP contribution in [0.25, 0.3) is 0 Å². The zero-order valence-electron chi connectivity index (χ0n) is 6.00. The third kappa shape index (κ3) is 2.21. The number of rotatable bonds is 2. The van der Waals surface area contributed by atoms with Gasteiger partial charge in [0, 0.05) is 18.2 Å². The van der Waals surface area contributed by atoms with Gasteiger partial charge in [-0.1, -0.05) is 11.6 Å². The fraction of sp³-hybridized carbons (Fsp3) is 0.333. The summed E-state index contributed by atoms with van der Waals surface area (Å²) in [7, 11) is 0. The summed E-state index contributed by atoms with van der Waals surface area (Å²) in [5.41, 5.74) is -1.97. The van der Waals surface area contributed by atoms with E-state index in [-0.39, 0.29) is 12.0 Å². The molecule has 0 saturated heterocycles. The highest BCUT2D eigenvalue weighted by atomic mass is 35.5. The van der Waals surface area contributed by atoms with Crippen molar-refractivity contribution in [2.75, 3.05) is 0 Å². The Morgan fingerprint density at radius 1 is 1.58 bits per heavy atom. The van der Waals surface area contributed by atoms with Crippen molar-refractivity contribution in [3.63, 3.8) is 0 Å². The van der Waals surface area contributed by atoms with Crippen LogP contribution in [0.3, 0.4) is 0 Å². The van der Waals surface area contributed by atoms with Gasteiger partial charge >= 0.3 is 5.69 Å². The molecule has 1 unspecified atom stereocenters. The van der Waals surface area contributed by atoms with Crippen LogP contribution in [-0.2, 0) is 6.42 Å². The molecule has 1 atom stereocenters. The second-order valence-corrected chi connectivity index (χ2v) is 2.74. The van der Waals surface area contributed by atoms with Crippen LogP contribution >= 0.6 is 11.6 Å². The SMILES string of the molecule is O=c1[nH]cc(CC(O)Cl)c(=O)[nH]1. The minimum Gasteiger partial charge on any atom is -0.377 e. The van der Waals surface area contributed by atoms with Crippen LogP contribution in [0.2, 0.25) is 0 Å². The van der Waals surface area contributed by atoms with E-state index >= 15 is 0 Å². The molecule has 0 aliphatic heterocycles. The monoisotopic (exact) mass is 190 g/mol. The smallest absolute Gasteiger partial charge is 0.325 e. The zero-order chi connectivity index (χ0) is 9.14. The van der Waals surface area contributed by atoms with E-state index in [9.17, 15) is 9.59 Å². The van der Waals surface area contributed by atoms with Crippen LogP contribution in [-0.4, -0.2) is 20.6 Å². The van der Waals surface area contributed by atoms with Crippen LogP contribution in [0.1, 0.15) is 5.56 Å². The average molecular weight is 191 g/mol. The van der Waals surface area contributed by atoms with Crippen LogP contribution in [0.5, 0.6) is 0 Å². The molecular weight excluding hydrogens is 184 g/mol. The fourth-order valence-electron chi connectivity index (χ4n) is 0.771. The highest BCUT2D eigenvalue weighted by Gasteiger charge is 2.04. The van der Waals surface area contributed by atoms with Crippen molar-refractivity contribution in [3.05, 3.63) is 32.6 Å². The fourth-order valence-corrected chi connectivity index (χ4v) is 0.937. The number of hydrogen-bond donors (Lipinski definition) is 3. The topological polar surface area (TPSA) is 85.9 Å². The van der Waals surface area contributed by atoms with Gasteiger partial charge in [0.15, 0.2) is 0 Å². The van der Waals surface area contributed by atoms with E-state index in [4.69, 9.17) is 16.7 Å². The molecule has 6 heteroatoms. The number of aromatic nitrogens is 2. The lowest BCUT2D eigenvalue weighted by atomic mass is 10.2. The minimum absolute atomic E-state index is 0.00761. The number of alkyl halides is 1. The first kappa shape index (κ1) is 9.02. The molecule has 1 rings (SSSR count). The molecule has 66 valence electrons. The lowest BCUT2D eigenvalue weighted by molar-refractivity contribution is 0.256. The highest BCUT2D eigenvalue weighted by Crippen LogP contribution is 1.97. The molecule has 0 amide bonds. The van der Waals surface area contributed by atoms with Gasteiger partial charge in [-0.25, -0.2) is 4.79 Å². The number of hydrogen-bond acceptors (Lipinski definition) is 3. The Morgan fingerprint density at radius 2 is 2.25 bits per heavy atom. The van der Waals surface area contributed by atoms with E-state index in [0.717, 1.165) is 0 Å². The number of H-pyrrole nitrogens is 2. The van der Waals surface area contributed by atoms with Crippen molar-refractivity contribution in [2.24, 2.45) is 0 Å². The van der Waals surface area contributed by atoms with Crippen molar-refractivity contribution in [3.8, 4) is 0 Å². The Kier molecular flexibility index (Phi) is 2.67. The maximum atomic E-state index is 10.9. The molecule has 0 aliphatic carbocycles. The number of aromatic amines is 2. The van der Waals surface area contributed by atoms with Crippen LogP contribution < -0.4 is 11.2 Å². The first-order valence-electron chi connectivity index (χ1n) is 3.22. The molecule has 0 radical (unpaired) electrons. The van der Waals surface area contributed by atoms with E-state index in [1.54, 1.807) is 0 Å². The molecule has 0 spiro atoms. The van der Waals surface area contributed by atoms with Crippen molar-refractivity contribution < 1.29 is 5.11 Å². The molecule has 0 aromatic carbocycles. The van der Waals surface area contributed by atoms with Gasteiger partial charge < -0.3 is 10.1 Å². The molecule has 0 saturated carbocycles. The average Bonchev–Trinajstić information content (AvgIpc) is 1.94. The van der Waals surface area contributed by atoms with E-state index < -0.39 is 16.8 Å². The van der Waals surface area contributed by atoms with E-state index in [2.05, 4.69) is 4.98 Å². The second kappa shape index (κ2) is 3.55. The second-order valence-electron chi connectivity index (χ2n) is 2.24. The lowest BCUT2D eigenvalue weighted by Crippen LogP contribution is -2.25. The number of aliphatic hydroxyl groups is 1. The van der Waals surface area contributed by atoms with Gasteiger partial charge in [0.25, 0.3) is 5.56 Å². The summed E-state index contributed by atoms with van der Waals surface area (Å²) in [4.78, 5) is 25.7. The van der Waals surface area contributed by atoms with Crippen LogP contribution in [0, 0.1) is 0 Å². The summed E-state index contributed by atoms with van der Waals surface area (Å²) >= 11 is 5.23. The van der Waals surface area contributed by atoms with Gasteiger partial charge in [-0.15, -0.1) is 0 Å². The van der Waals surface area contributed by atoms with Gasteiger partial charge in [-0.05, 0) is 0 Å². The third-order valence-electron chi connectivity index (χ3n) is 1.28. The predicted octanol–water partition coefficient (Wildman–Crippen LogP) is -0.837. The predicted molar refractivity (Wildman–Crippen MR) is 43.2 cm³/mol. The number of halogens is 1. The normalized spacial score (nSPS) is 12.8. The minimum atomic E-state index is -1.11. The molecular formula is C6H7ClN2O3. The first-order valence-corrected chi connectivity index (χ1v) is 3.66. The van der Waals surface area contributed by atoms with Gasteiger partial charge in [-0.2, -0.15) is 0 Å². The highest BCUT2D eigenvalue weighted by molar-refractivity contribution is 6.19. The van der Waals surface area contributed by atoms with Gasteiger partial charge in [0.05, 0.1) is 0 Å². The van der Waals surface area contributed by atoms with E-state index in [0.29, 0.717) is 0 Å². The van der Waals surface area contributed by atoms with E-state index in [1.165, 1.54) is 6.20 Å². The molecule has 0 aliphatic rings. The van der Waals surface area contributed by atoms with Crippen molar-refractivity contribution >= 4 is 11.6 Å². The van der Waals surface area contributed by atoms with Crippen molar-refractivity contribution in [1.82, 2.24) is 9.97 Å². The van der Waals surface area contributed by atoms with Gasteiger partial charge in [-0.3, -0.25) is 9.78 Å². The Balaban J connectivity index is 3.02. The lowest BCUT2D eigenvalue weighted by Gasteiger charge is -1.99. The quantitative estimate of drug-likeness (QED) is 0.532. The maximum Gasteiger partial charge on any atom is 0.325 e. The summed E-state index contributed by atoms with van der Waals surface area (Å²) in [5, 5.41) is 8.72. The summed E-state index contributed by atoms with van der Waals surface area (Å²) in [6, 6.07) is 0. The molecule has 3 N–H and O–H groups in total. The molecule has 1 aromatic heterocycles. The van der Waals surface area contributed by atoms with Gasteiger partial charge in [0.2, 0.25) is 0 Å². The van der Waals surface area contributed by atoms with Gasteiger partial charge in [0.1, 0.15) is 5.56 Å². The molecule has 1 heterocycles. The van der Waals surface area contributed by atoms with Crippen LogP contribution in [0.4, 0.5) is 0 Å². The standard InChI is InChI=1S/C6H7ClN2O3/c7-4(10)1-3-2-8-6(12)9-5(3)11/h2,4,10H,1H2,(H2,8,9,11,12). The van der Waals surface area contributed by atoms with Crippen LogP contribution in [0.15, 0.2) is 15.8 Å². The first-order chi connectivity index (χ1) is 5.59. The molecule has 5 nitrogen and oxygen atoms in total. The van der Waals surface area contributed by atoms with Crippen molar-refractivity contribution in [2.45, 2.75) is 12.0 Å². The summed E-state index contributed by atoms with van der Waals surface area (Å²) < 4.78 is 0.